The van der Waals surface area contributed by atoms with Gasteiger partial charge in [-0.15, -0.1) is 0 Å². The largest absolute Gasteiger partial charge is 0.486 e. The van der Waals surface area contributed by atoms with E-state index in [1.165, 1.54) is 4.90 Å². The van der Waals surface area contributed by atoms with E-state index in [1.54, 1.807) is 20.2 Å². The smallest absolute Gasteiger partial charge is 0.412 e. The van der Waals surface area contributed by atoms with Crippen LogP contribution in [-0.4, -0.2) is 43.0 Å². The number of likely N-dealkylation sites (N-methyl/N-ethyl adjacent to an activating group) is 1. The maximum atomic E-state index is 11.8. The van der Waals surface area contributed by atoms with Gasteiger partial charge in [0.15, 0.2) is 0 Å². The Morgan fingerprint density at radius 3 is 3.09 bits per heavy atom. The van der Waals surface area contributed by atoms with Crippen molar-refractivity contribution < 1.29 is 19.1 Å². The second-order valence-corrected chi connectivity index (χ2v) is 5.13. The molecule has 1 fully saturated rings. The first-order valence-electron chi connectivity index (χ1n) is 7.12. The van der Waals surface area contributed by atoms with Gasteiger partial charge in [-0.3, -0.25) is 14.7 Å². The van der Waals surface area contributed by atoms with E-state index < -0.39 is 18.4 Å². The number of hydrogen-bond donors (Lipinski definition) is 1. The normalized spacial score (nSPS) is 22.8. The van der Waals surface area contributed by atoms with Crippen molar-refractivity contribution in [3.8, 4) is 5.75 Å². The summed E-state index contributed by atoms with van der Waals surface area (Å²) in [5.74, 6) is 0.491. The summed E-state index contributed by atoms with van der Waals surface area (Å²) in [6, 6.07) is 5.12. The van der Waals surface area contributed by atoms with Crippen molar-refractivity contribution in [2.75, 3.05) is 13.7 Å². The molecule has 1 N–H and O–H groups in total. The number of aliphatic imine (C=N–C) groups is 1. The molecule has 1 saturated heterocycles. The van der Waals surface area contributed by atoms with Crippen LogP contribution in [0.25, 0.3) is 0 Å². The number of carbonyl (C=O) groups excluding carboxylic acids is 2. The summed E-state index contributed by atoms with van der Waals surface area (Å²) in [5.41, 5.74) is 1.57. The Hall–Kier alpha value is -2.57. The Kier molecular flexibility index (Phi) is 3.70. The van der Waals surface area contributed by atoms with E-state index in [0.29, 0.717) is 18.8 Å². The number of cyclic esters (lactones) is 1. The van der Waals surface area contributed by atoms with Crippen LogP contribution >= 0.6 is 0 Å². The van der Waals surface area contributed by atoms with Gasteiger partial charge in [0.05, 0.1) is 0 Å². The SMILES string of the molecule is CCC(=O)NC1OC(=O)N(C)C1c1ccc2c(c1)OCC=N2. The number of hydrogen-bond acceptors (Lipinski definition) is 5. The second-order valence-electron chi connectivity index (χ2n) is 5.13. The van der Waals surface area contributed by atoms with Crippen molar-refractivity contribution in [2.24, 2.45) is 4.99 Å². The fourth-order valence-electron chi connectivity index (χ4n) is 2.54. The predicted molar refractivity (Wildman–Crippen MR) is 79.3 cm³/mol. The highest BCUT2D eigenvalue weighted by Gasteiger charge is 2.41. The number of amides is 2. The number of ether oxygens (including phenoxy) is 2. The average molecular weight is 303 g/mol. The number of rotatable bonds is 3. The lowest BCUT2D eigenvalue weighted by Crippen LogP contribution is -2.39. The van der Waals surface area contributed by atoms with Gasteiger partial charge in [-0.1, -0.05) is 13.0 Å². The van der Waals surface area contributed by atoms with E-state index in [1.807, 2.05) is 18.2 Å². The maximum absolute atomic E-state index is 11.8. The Bertz CT molecular complexity index is 644. The summed E-state index contributed by atoms with van der Waals surface area (Å²) in [6.07, 6.45) is 0.839. The minimum Gasteiger partial charge on any atom is -0.486 e. The predicted octanol–water partition coefficient (Wildman–Crippen LogP) is 1.76. The van der Waals surface area contributed by atoms with Crippen LogP contribution in [0.15, 0.2) is 23.2 Å². The van der Waals surface area contributed by atoms with E-state index in [9.17, 15) is 9.59 Å². The maximum Gasteiger partial charge on any atom is 0.412 e. The summed E-state index contributed by atoms with van der Waals surface area (Å²) < 4.78 is 10.8. The zero-order valence-corrected chi connectivity index (χ0v) is 12.4. The van der Waals surface area contributed by atoms with Crippen LogP contribution in [0.5, 0.6) is 5.75 Å². The van der Waals surface area contributed by atoms with Gasteiger partial charge in [-0.25, -0.2) is 4.79 Å². The summed E-state index contributed by atoms with van der Waals surface area (Å²) >= 11 is 0. The third-order valence-corrected chi connectivity index (χ3v) is 3.71. The first-order valence-corrected chi connectivity index (χ1v) is 7.12. The van der Waals surface area contributed by atoms with Crippen LogP contribution in [-0.2, 0) is 9.53 Å². The summed E-state index contributed by atoms with van der Waals surface area (Å²) in [7, 11) is 1.64. The highest BCUT2D eigenvalue weighted by atomic mass is 16.6. The van der Waals surface area contributed by atoms with Crippen LogP contribution in [0.1, 0.15) is 24.9 Å². The molecule has 0 spiro atoms. The minimum atomic E-state index is -0.713. The molecule has 7 nitrogen and oxygen atoms in total. The quantitative estimate of drug-likeness (QED) is 0.922. The van der Waals surface area contributed by atoms with E-state index in [-0.39, 0.29) is 5.91 Å². The molecule has 0 radical (unpaired) electrons. The number of benzene rings is 1. The van der Waals surface area contributed by atoms with Gasteiger partial charge in [0.25, 0.3) is 0 Å². The molecule has 116 valence electrons. The number of nitrogens with zero attached hydrogens (tertiary/aromatic N) is 2. The van der Waals surface area contributed by atoms with Crippen LogP contribution < -0.4 is 10.1 Å². The molecule has 2 heterocycles. The van der Waals surface area contributed by atoms with Gasteiger partial charge in [0.1, 0.15) is 24.1 Å². The van der Waals surface area contributed by atoms with Crippen LogP contribution in [0.2, 0.25) is 0 Å². The molecule has 0 aliphatic carbocycles. The van der Waals surface area contributed by atoms with E-state index in [4.69, 9.17) is 9.47 Å². The molecule has 22 heavy (non-hydrogen) atoms. The van der Waals surface area contributed by atoms with Crippen LogP contribution in [0.4, 0.5) is 10.5 Å². The molecule has 0 saturated carbocycles. The fourth-order valence-corrected chi connectivity index (χ4v) is 2.54. The summed E-state index contributed by atoms with van der Waals surface area (Å²) in [6.45, 7) is 2.16. The minimum absolute atomic E-state index is 0.170. The van der Waals surface area contributed by atoms with E-state index in [2.05, 4.69) is 10.3 Å². The highest BCUT2D eigenvalue weighted by Crippen LogP contribution is 2.37. The third-order valence-electron chi connectivity index (χ3n) is 3.71. The van der Waals surface area contributed by atoms with Crippen molar-refractivity contribution in [1.29, 1.82) is 0 Å². The van der Waals surface area contributed by atoms with Gasteiger partial charge < -0.3 is 14.8 Å². The first kappa shape index (κ1) is 14.4. The molecule has 2 unspecified atom stereocenters. The molecular weight excluding hydrogens is 286 g/mol. The molecule has 2 amide bonds. The molecule has 2 aliphatic heterocycles. The fraction of sp³-hybridized carbons (Fsp3) is 0.400. The van der Waals surface area contributed by atoms with Gasteiger partial charge in [-0.2, -0.15) is 0 Å². The third kappa shape index (κ3) is 2.49. The van der Waals surface area contributed by atoms with Gasteiger partial charge in [0, 0.05) is 19.7 Å². The molecule has 2 atom stereocenters. The number of nitrogens with one attached hydrogen (secondary N) is 1. The number of fused-ring (bicyclic) bond motifs is 1. The first-order chi connectivity index (χ1) is 10.6. The Morgan fingerprint density at radius 1 is 1.50 bits per heavy atom. The zero-order valence-electron chi connectivity index (χ0n) is 12.4. The lowest BCUT2D eigenvalue weighted by molar-refractivity contribution is -0.123. The van der Waals surface area contributed by atoms with Gasteiger partial charge in [-0.05, 0) is 17.7 Å². The average Bonchev–Trinajstić information content (AvgIpc) is 2.81. The Labute approximate surface area is 127 Å². The van der Waals surface area contributed by atoms with Gasteiger partial charge >= 0.3 is 6.09 Å². The molecule has 1 aromatic rings. The number of carbonyl (C=O) groups is 2. The van der Waals surface area contributed by atoms with Crippen molar-refractivity contribution in [1.82, 2.24) is 10.2 Å². The monoisotopic (exact) mass is 303 g/mol. The molecule has 0 aromatic heterocycles. The zero-order chi connectivity index (χ0) is 15.7. The van der Waals surface area contributed by atoms with Crippen molar-refractivity contribution in [3.63, 3.8) is 0 Å². The highest BCUT2D eigenvalue weighted by molar-refractivity contribution is 5.78. The van der Waals surface area contributed by atoms with Crippen molar-refractivity contribution in [3.05, 3.63) is 23.8 Å². The molecule has 7 heteroatoms. The molecule has 1 aromatic carbocycles. The van der Waals surface area contributed by atoms with Crippen molar-refractivity contribution in [2.45, 2.75) is 25.6 Å². The Morgan fingerprint density at radius 2 is 2.32 bits per heavy atom. The van der Waals surface area contributed by atoms with Crippen molar-refractivity contribution >= 4 is 23.9 Å². The van der Waals surface area contributed by atoms with Crippen LogP contribution in [0, 0.1) is 0 Å². The second kappa shape index (κ2) is 5.67. The molecular formula is C15H17N3O4. The summed E-state index contributed by atoms with van der Waals surface area (Å²) in [5, 5.41) is 2.72. The Balaban J connectivity index is 1.91. The van der Waals surface area contributed by atoms with E-state index in [0.717, 1.165) is 11.3 Å². The standard InChI is InChI=1S/C15H17N3O4/c1-3-12(19)17-14-13(18(2)15(20)22-14)9-4-5-10-11(8-9)21-7-6-16-10/h4-6,8,13-14H,3,7H2,1-2H3,(H,17,19). The van der Waals surface area contributed by atoms with Gasteiger partial charge in [0.2, 0.25) is 12.1 Å². The topological polar surface area (TPSA) is 80.2 Å². The summed E-state index contributed by atoms with van der Waals surface area (Å²) in [4.78, 5) is 29.2. The molecule has 0 bridgehead atoms. The molecule has 2 aliphatic rings. The lowest BCUT2D eigenvalue weighted by Gasteiger charge is -2.23. The van der Waals surface area contributed by atoms with E-state index >= 15 is 0 Å². The lowest BCUT2D eigenvalue weighted by atomic mass is 10.0. The molecule has 3 rings (SSSR count). The van der Waals surface area contributed by atoms with Crippen LogP contribution in [0.3, 0.4) is 0 Å².